The number of hydrogen-bond donors (Lipinski definition) is 1. The van der Waals surface area contributed by atoms with E-state index in [0.29, 0.717) is 23.8 Å². The molecular weight excluding hydrogens is 310 g/mol. The van der Waals surface area contributed by atoms with E-state index in [4.69, 9.17) is 5.73 Å². The first-order chi connectivity index (χ1) is 11.0. The van der Waals surface area contributed by atoms with Crippen LogP contribution in [-0.2, 0) is 0 Å². The number of carbonyl (C=O) groups excluding carboxylic acids is 1. The van der Waals surface area contributed by atoms with Crippen LogP contribution in [0.5, 0.6) is 0 Å². The Balaban J connectivity index is 1.56. The SMILES string of the molecule is Cc1cc(C)n(C2CN(C(=O)c3cccc4nc(N)sc34)C2)n1. The lowest BCUT2D eigenvalue weighted by Gasteiger charge is -2.39. The quantitative estimate of drug-likeness (QED) is 0.784. The first-order valence-electron chi connectivity index (χ1n) is 7.50. The third-order valence-corrected chi connectivity index (χ3v) is 5.14. The van der Waals surface area contributed by atoms with E-state index in [1.807, 2.05) is 41.6 Å². The molecule has 0 aliphatic carbocycles. The van der Waals surface area contributed by atoms with Crippen molar-refractivity contribution >= 4 is 32.6 Å². The van der Waals surface area contributed by atoms with Crippen LogP contribution in [-0.4, -0.2) is 38.7 Å². The van der Waals surface area contributed by atoms with Gasteiger partial charge >= 0.3 is 0 Å². The van der Waals surface area contributed by atoms with Crippen molar-refractivity contribution in [3.63, 3.8) is 0 Å². The Labute approximate surface area is 137 Å². The highest BCUT2D eigenvalue weighted by atomic mass is 32.1. The summed E-state index contributed by atoms with van der Waals surface area (Å²) < 4.78 is 2.88. The fourth-order valence-electron chi connectivity index (χ4n) is 3.10. The fraction of sp³-hybridized carbons (Fsp3) is 0.312. The summed E-state index contributed by atoms with van der Waals surface area (Å²) in [4.78, 5) is 18.9. The van der Waals surface area contributed by atoms with Crippen molar-refractivity contribution < 1.29 is 4.79 Å². The summed E-state index contributed by atoms with van der Waals surface area (Å²) in [6, 6.07) is 7.91. The second-order valence-corrected chi connectivity index (χ2v) is 6.97. The van der Waals surface area contributed by atoms with E-state index in [9.17, 15) is 4.79 Å². The molecule has 0 spiro atoms. The number of aromatic nitrogens is 3. The van der Waals surface area contributed by atoms with Crippen LogP contribution >= 0.6 is 11.3 Å². The number of aryl methyl sites for hydroxylation is 2. The third-order valence-electron chi connectivity index (χ3n) is 4.20. The summed E-state index contributed by atoms with van der Waals surface area (Å²) in [7, 11) is 0. The minimum Gasteiger partial charge on any atom is -0.375 e. The van der Waals surface area contributed by atoms with Crippen LogP contribution in [0.15, 0.2) is 24.3 Å². The monoisotopic (exact) mass is 327 g/mol. The Kier molecular flexibility index (Phi) is 3.12. The van der Waals surface area contributed by atoms with Crippen molar-refractivity contribution in [2.45, 2.75) is 19.9 Å². The minimum atomic E-state index is 0.0389. The molecule has 1 aromatic carbocycles. The van der Waals surface area contributed by atoms with Gasteiger partial charge in [-0.05, 0) is 32.0 Å². The number of anilines is 1. The first-order valence-corrected chi connectivity index (χ1v) is 8.31. The van der Waals surface area contributed by atoms with Gasteiger partial charge in [0.25, 0.3) is 5.91 Å². The Morgan fingerprint density at radius 2 is 2.13 bits per heavy atom. The van der Waals surface area contributed by atoms with E-state index in [2.05, 4.69) is 16.1 Å². The summed E-state index contributed by atoms with van der Waals surface area (Å²) >= 11 is 1.36. The van der Waals surface area contributed by atoms with Crippen molar-refractivity contribution in [3.8, 4) is 0 Å². The highest BCUT2D eigenvalue weighted by Crippen LogP contribution is 2.30. The van der Waals surface area contributed by atoms with Gasteiger partial charge in [-0.2, -0.15) is 5.10 Å². The fourth-order valence-corrected chi connectivity index (χ4v) is 3.93. The van der Waals surface area contributed by atoms with Crippen molar-refractivity contribution in [1.82, 2.24) is 19.7 Å². The van der Waals surface area contributed by atoms with Crippen LogP contribution in [0.3, 0.4) is 0 Å². The molecule has 118 valence electrons. The molecule has 1 aliphatic rings. The van der Waals surface area contributed by atoms with Gasteiger partial charge in [-0.25, -0.2) is 4.98 Å². The van der Waals surface area contributed by atoms with E-state index >= 15 is 0 Å². The minimum absolute atomic E-state index is 0.0389. The number of nitrogens with zero attached hydrogens (tertiary/aromatic N) is 4. The summed E-state index contributed by atoms with van der Waals surface area (Å²) in [5, 5.41) is 5.00. The molecule has 3 aromatic rings. The van der Waals surface area contributed by atoms with E-state index in [1.165, 1.54) is 11.3 Å². The van der Waals surface area contributed by atoms with Crippen LogP contribution in [0.4, 0.5) is 5.13 Å². The number of amides is 1. The van der Waals surface area contributed by atoms with Crippen LogP contribution in [0, 0.1) is 13.8 Å². The average Bonchev–Trinajstić information content (AvgIpc) is 2.98. The molecule has 3 heterocycles. The number of benzene rings is 1. The van der Waals surface area contributed by atoms with Crippen LogP contribution < -0.4 is 5.73 Å². The normalized spacial score (nSPS) is 15.1. The summed E-state index contributed by atoms with van der Waals surface area (Å²) in [6.07, 6.45) is 0. The highest BCUT2D eigenvalue weighted by molar-refractivity contribution is 7.22. The molecule has 0 atom stereocenters. The van der Waals surface area contributed by atoms with Gasteiger partial charge in [0.05, 0.1) is 27.5 Å². The van der Waals surface area contributed by atoms with E-state index in [-0.39, 0.29) is 11.9 Å². The number of nitrogen functional groups attached to an aromatic ring is 1. The van der Waals surface area contributed by atoms with E-state index < -0.39 is 0 Å². The molecule has 0 saturated carbocycles. The van der Waals surface area contributed by atoms with Crippen LogP contribution in [0.2, 0.25) is 0 Å². The second-order valence-electron chi connectivity index (χ2n) is 5.94. The largest absolute Gasteiger partial charge is 0.375 e. The lowest BCUT2D eigenvalue weighted by Crippen LogP contribution is -2.51. The zero-order valence-corrected chi connectivity index (χ0v) is 13.8. The Morgan fingerprint density at radius 1 is 1.35 bits per heavy atom. The van der Waals surface area contributed by atoms with Gasteiger partial charge in [0.1, 0.15) is 0 Å². The predicted octanol–water partition coefficient (Wildman–Crippen LogP) is 2.39. The highest BCUT2D eigenvalue weighted by Gasteiger charge is 2.34. The molecule has 2 N–H and O–H groups in total. The lowest BCUT2D eigenvalue weighted by molar-refractivity contribution is 0.0500. The van der Waals surface area contributed by atoms with Crippen LogP contribution in [0.1, 0.15) is 27.8 Å². The first kappa shape index (κ1) is 14.2. The number of likely N-dealkylation sites (tertiary alicyclic amines) is 1. The van der Waals surface area contributed by atoms with Gasteiger partial charge in [-0.1, -0.05) is 17.4 Å². The van der Waals surface area contributed by atoms with Crippen molar-refractivity contribution in [1.29, 1.82) is 0 Å². The number of carbonyl (C=O) groups is 1. The molecule has 6 nitrogen and oxygen atoms in total. The Morgan fingerprint density at radius 3 is 2.83 bits per heavy atom. The van der Waals surface area contributed by atoms with Gasteiger partial charge in [-0.3, -0.25) is 9.48 Å². The molecule has 1 fully saturated rings. The molecule has 7 heteroatoms. The topological polar surface area (TPSA) is 77.0 Å². The molecule has 4 rings (SSSR count). The van der Waals surface area contributed by atoms with E-state index in [0.717, 1.165) is 21.6 Å². The van der Waals surface area contributed by atoms with E-state index in [1.54, 1.807) is 0 Å². The molecule has 1 amide bonds. The van der Waals surface area contributed by atoms with Gasteiger partial charge in [0.15, 0.2) is 5.13 Å². The number of rotatable bonds is 2. The van der Waals surface area contributed by atoms with Crippen molar-refractivity contribution in [2.24, 2.45) is 0 Å². The zero-order valence-electron chi connectivity index (χ0n) is 13.0. The smallest absolute Gasteiger partial charge is 0.255 e. The standard InChI is InChI=1S/C16H17N5OS/c1-9-6-10(2)21(19-9)11-7-20(8-11)15(22)12-4-3-5-13-14(12)23-16(17)18-13/h3-6,11H,7-8H2,1-2H3,(H2,17,18). The Bertz CT molecular complexity index is 906. The molecular formula is C16H17N5OS. The summed E-state index contributed by atoms with van der Waals surface area (Å²) in [5.74, 6) is 0.0389. The molecule has 1 saturated heterocycles. The number of thiazole rings is 1. The van der Waals surface area contributed by atoms with Gasteiger partial charge in [0.2, 0.25) is 0 Å². The maximum atomic E-state index is 12.8. The molecule has 0 unspecified atom stereocenters. The summed E-state index contributed by atoms with van der Waals surface area (Å²) in [6.45, 7) is 5.40. The van der Waals surface area contributed by atoms with Gasteiger partial charge in [-0.15, -0.1) is 0 Å². The third kappa shape index (κ3) is 2.28. The molecule has 2 aromatic heterocycles. The molecule has 0 bridgehead atoms. The predicted molar refractivity (Wildman–Crippen MR) is 90.7 cm³/mol. The number of hydrogen-bond acceptors (Lipinski definition) is 5. The van der Waals surface area contributed by atoms with Crippen molar-refractivity contribution in [3.05, 3.63) is 41.2 Å². The molecule has 1 aliphatic heterocycles. The van der Waals surface area contributed by atoms with Gasteiger partial charge < -0.3 is 10.6 Å². The maximum absolute atomic E-state index is 12.8. The average molecular weight is 327 g/mol. The number of fused-ring (bicyclic) bond motifs is 1. The van der Waals surface area contributed by atoms with Gasteiger partial charge in [0, 0.05) is 18.8 Å². The number of nitrogens with two attached hydrogens (primary N) is 1. The summed E-state index contributed by atoms with van der Waals surface area (Å²) in [5.41, 5.74) is 9.39. The second kappa shape index (κ2) is 5.06. The lowest BCUT2D eigenvalue weighted by atomic mass is 10.1. The molecule has 0 radical (unpaired) electrons. The maximum Gasteiger partial charge on any atom is 0.255 e. The Hall–Kier alpha value is -2.41. The zero-order chi connectivity index (χ0) is 16.1. The molecule has 23 heavy (non-hydrogen) atoms. The van der Waals surface area contributed by atoms with Crippen molar-refractivity contribution in [2.75, 3.05) is 18.8 Å². The van der Waals surface area contributed by atoms with Crippen LogP contribution in [0.25, 0.3) is 10.2 Å².